The van der Waals surface area contributed by atoms with Gasteiger partial charge < -0.3 is 104 Å². The standard InChI is InChI=1S/C54H53F2N11O14S.C42H46F2N8O15S/c55-31-10-5-8-28(21-31)35-24-66(63-58-35)47-49(74)38(26-78-43(72)17-15-40(68)57-20-19-41(69)65-23-30-7-1-2-12-33(30)45-46(61-62-60-45)34-13-3-4-14-37(34)65)80-53(51(47)76)82-54-52(77)48(50(75)39(81-54)27-79-44(73)18-16-42(70)71)67-25-36(59-64-67)29-9-6-11-32(56)22-29;43-23-5-1-3-21(15-23)25-17-51(48-46-25)35-37(60)27(19-64-33(58)11-7-29(53)45-13-14-50-30(54)8-9-31(50)55)66-41(39(35)62)68-42-40(63)36(38(61)28(67-42)20-65-34(59)12-10-32(56)57)52-18-26(47-49-52)22-4-2-6-24(44)16-22/h1-14,21-22,24-25,38-39,47-54,74-77H,15-20,23,26-27H2,(H,57,68)(H,70,71)(H,60,61,62);1-6,15-18,27-28,35-42,60-63H,7-14,19-20H2,(H,45,53)(H,56,57)/t38-,39-,47+,48+,49+,50+,51-,52-,53+,54+;27-,28-,35+,36+,37+,38+,39-,40-,41+,42+/m11/s1/i;8T/hT/t;8?,27-,28-,35+,36+,37+,38+,39-,40-,41+,42+. The molecule has 11 heterocycles. The molecule has 150 heavy (non-hydrogen) atoms. The highest BCUT2D eigenvalue weighted by Crippen LogP contribution is 2.47. The number of benzene rings is 6. The lowest BCUT2D eigenvalue weighted by Gasteiger charge is -2.46. The van der Waals surface area contributed by atoms with Crippen molar-refractivity contribution in [3.63, 3.8) is 0 Å². The third-order valence-corrected chi connectivity index (χ3v) is 27.6. The summed E-state index contributed by atoms with van der Waals surface area (Å²) in [5, 5.41) is 160. The summed E-state index contributed by atoms with van der Waals surface area (Å²) in [7, 11) is 0. The van der Waals surface area contributed by atoms with Crippen LogP contribution in [0.2, 0.25) is 1.41 Å². The van der Waals surface area contributed by atoms with Crippen LogP contribution in [0.15, 0.2) is 170 Å². The first-order chi connectivity index (χ1) is 73.0. The molecule has 6 aliphatic rings. The summed E-state index contributed by atoms with van der Waals surface area (Å²) in [6, 6.07) is 30.2. The molecule has 13 N–H and O–H groups in total. The number of amides is 5. The molecule has 17 rings (SSSR count). The summed E-state index contributed by atoms with van der Waals surface area (Å²) in [4.78, 5) is 139. The number of aliphatic hydroxyl groups excluding tert-OH is 8. The molecule has 792 valence electrons. The van der Waals surface area contributed by atoms with Crippen molar-refractivity contribution in [2.45, 2.75) is 196 Å². The van der Waals surface area contributed by atoms with Gasteiger partial charge in [0, 0.05) is 86.5 Å². The van der Waals surface area contributed by atoms with Crippen molar-refractivity contribution in [3.8, 4) is 67.5 Å². The monoisotopic (exact) mass is 2130 g/mol. The molecule has 0 spiro atoms. The van der Waals surface area contributed by atoms with Crippen molar-refractivity contribution in [1.29, 1.82) is 0 Å². The molecule has 5 aromatic heterocycles. The number of H-pyrrole nitrogens is 1. The maximum atomic E-state index is 14.3. The number of esters is 4. The van der Waals surface area contributed by atoms with Crippen LogP contribution in [0.1, 0.15) is 102 Å². The number of carbonyl (C=O) groups excluding carboxylic acids is 9. The maximum absolute atomic E-state index is 14.3. The molecule has 11 aromatic rings. The number of halogens is 4. The average molecular weight is 2130 g/mol. The number of thioether (sulfide) groups is 2. The number of rotatable bonds is 38. The lowest BCUT2D eigenvalue weighted by molar-refractivity contribution is -0.197. The Hall–Kier alpha value is -14.7. The Bertz CT molecular complexity index is 6820. The number of aliphatic carboxylic acids is 2. The van der Waals surface area contributed by atoms with E-state index >= 15 is 0 Å². The zero-order valence-electron chi connectivity index (χ0n) is 80.7. The zero-order chi connectivity index (χ0) is 108. The van der Waals surface area contributed by atoms with Crippen LogP contribution in [0.25, 0.3) is 67.5 Å². The van der Waals surface area contributed by atoms with Crippen LogP contribution >= 0.6 is 23.5 Å². The van der Waals surface area contributed by atoms with Crippen molar-refractivity contribution >= 4 is 94.6 Å². The number of likely N-dealkylation sites (tertiary alicyclic amines) is 1. The van der Waals surface area contributed by atoms with Gasteiger partial charge in [-0.05, 0) is 60.2 Å². The van der Waals surface area contributed by atoms with E-state index in [1.54, 1.807) is 53.4 Å². The Morgan fingerprint density at radius 3 is 1.12 bits per heavy atom. The second-order valence-electron chi connectivity index (χ2n) is 35.1. The van der Waals surface area contributed by atoms with E-state index in [1.807, 2.05) is 24.3 Å². The Balaban J connectivity index is 0.000000220. The van der Waals surface area contributed by atoms with E-state index in [0.717, 1.165) is 34.3 Å². The Morgan fingerprint density at radius 2 is 0.767 bits per heavy atom. The lowest BCUT2D eigenvalue weighted by atomic mass is 9.96. The molecule has 21 atom stereocenters. The number of carboxylic acids is 2. The van der Waals surface area contributed by atoms with Crippen molar-refractivity contribution in [2.75, 3.05) is 51.0 Å². The quantitative estimate of drug-likeness (QED) is 0.0114. The number of carbonyl (C=O) groups is 11. The number of carboxylic acid groups (broad SMARTS) is 2. The van der Waals surface area contributed by atoms with E-state index in [0.29, 0.717) is 74.0 Å². The summed E-state index contributed by atoms with van der Waals surface area (Å²) < 4.78 is 123. The van der Waals surface area contributed by atoms with E-state index in [1.165, 1.54) is 97.6 Å². The van der Waals surface area contributed by atoms with Crippen LogP contribution in [0.4, 0.5) is 23.2 Å². The van der Waals surface area contributed by atoms with Crippen LogP contribution in [-0.4, -0.2) is 338 Å². The van der Waals surface area contributed by atoms with Crippen molar-refractivity contribution < 1.29 is 162 Å². The average Bonchev–Trinajstić information content (AvgIpc) is 1.38. The highest BCUT2D eigenvalue weighted by molar-refractivity contribution is 8.00. The second kappa shape index (κ2) is 49.2. The topological polar surface area (TPSA) is 659 Å². The number of hydrogen-bond acceptors (Lipinski definition) is 39. The molecule has 0 saturated carbocycles. The van der Waals surface area contributed by atoms with Crippen molar-refractivity contribution in [1.82, 2.24) is 90.9 Å². The Morgan fingerprint density at radius 1 is 0.420 bits per heavy atom. The van der Waals surface area contributed by atoms with Crippen LogP contribution in [-0.2, 0) is 97.2 Å². The number of nitrogens with zero attached hydrogens (tertiary/aromatic N) is 16. The van der Waals surface area contributed by atoms with Gasteiger partial charge in [0.25, 0.3) is 0 Å². The summed E-state index contributed by atoms with van der Waals surface area (Å²) in [5.41, 5.74) is -0.846. The molecule has 5 amide bonds. The molecule has 0 radical (unpaired) electrons. The van der Waals surface area contributed by atoms with Crippen molar-refractivity contribution in [2.24, 2.45) is 0 Å². The van der Waals surface area contributed by atoms with E-state index in [9.17, 15) is 111 Å². The van der Waals surface area contributed by atoms with Gasteiger partial charge in [-0.15, -0.1) is 25.5 Å². The molecule has 5 fully saturated rings. The predicted octanol–water partition coefficient (Wildman–Crippen LogP) is 3.01. The molecule has 5 saturated heterocycles. The smallest absolute Gasteiger partial charge is 0.306 e. The Labute approximate surface area is 857 Å². The fraction of sp³-hybridized carbons (Fsp3) is 0.406. The molecular weight excluding hydrogens is 2020 g/mol. The van der Waals surface area contributed by atoms with Gasteiger partial charge in [-0.1, -0.05) is 141 Å². The summed E-state index contributed by atoms with van der Waals surface area (Å²) in [6.45, 7) is -2.91. The number of aromatic amines is 1. The molecule has 0 bridgehead atoms. The molecule has 6 aromatic carbocycles. The highest BCUT2D eigenvalue weighted by atomic mass is 32.2. The third kappa shape index (κ3) is 26.2. The lowest BCUT2D eigenvalue weighted by Crippen LogP contribution is -2.58. The van der Waals surface area contributed by atoms with Gasteiger partial charge >= 0.3 is 35.8 Å². The van der Waals surface area contributed by atoms with E-state index < -0.39 is 273 Å². The molecule has 0 aliphatic carbocycles. The summed E-state index contributed by atoms with van der Waals surface area (Å²) in [6.07, 6.45) is -19.8. The van der Waals surface area contributed by atoms with Gasteiger partial charge in [0.2, 0.25) is 29.5 Å². The number of imide groups is 1. The minimum absolute atomic E-state index is 0.0954. The fourth-order valence-electron chi connectivity index (χ4n) is 17.4. The highest BCUT2D eigenvalue weighted by Gasteiger charge is 2.56. The number of ether oxygens (including phenoxy) is 8. The van der Waals surface area contributed by atoms with Gasteiger partial charge in [-0.25, -0.2) is 36.3 Å². The van der Waals surface area contributed by atoms with E-state index in [4.69, 9.17) is 50.9 Å². The summed E-state index contributed by atoms with van der Waals surface area (Å²) >= 11 is 1.28. The number of nitrogens with one attached hydrogen (secondary N) is 3. The number of aliphatic hydroxyl groups is 8. The number of para-hydroxylation sites is 1. The van der Waals surface area contributed by atoms with Gasteiger partial charge in [0.05, 0.1) is 81.2 Å². The zero-order valence-corrected chi connectivity index (χ0v) is 80.3. The second-order valence-corrected chi connectivity index (χ2v) is 37.5. The minimum atomic E-state index is -1.76. The summed E-state index contributed by atoms with van der Waals surface area (Å²) in [5.74, 6) is -11.3. The van der Waals surface area contributed by atoms with E-state index in [-0.39, 0.29) is 80.5 Å². The number of hydrogen-bond donors (Lipinski definition) is 13. The molecule has 6 aliphatic heterocycles. The van der Waals surface area contributed by atoms with Crippen LogP contribution in [0, 0.1) is 23.3 Å². The van der Waals surface area contributed by atoms with Gasteiger partial charge in [-0.2, -0.15) is 0 Å². The minimum Gasteiger partial charge on any atom is -0.481 e. The van der Waals surface area contributed by atoms with Crippen LogP contribution < -0.4 is 15.5 Å². The van der Waals surface area contributed by atoms with Crippen molar-refractivity contribution in [3.05, 3.63) is 199 Å². The largest absolute Gasteiger partial charge is 0.481 e. The first-order valence-electron chi connectivity index (χ1n) is 47.9. The molecular formula is C96H99F4N19O29S2. The first-order valence-corrected chi connectivity index (χ1v) is 48.7. The van der Waals surface area contributed by atoms with Crippen LogP contribution in [0.5, 0.6) is 0 Å². The number of aromatic nitrogens is 15. The number of fused-ring (bicyclic) bond motifs is 5. The van der Waals surface area contributed by atoms with Gasteiger partial charge in [0.1, 0.15) is 197 Å². The van der Waals surface area contributed by atoms with Gasteiger partial charge in [0.15, 0.2) is 1.41 Å². The van der Waals surface area contributed by atoms with Crippen LogP contribution in [0.3, 0.4) is 0 Å². The normalized spacial score (nSPS) is 25.1. The molecule has 1 unspecified atom stereocenters. The maximum Gasteiger partial charge on any atom is 0.306 e. The first kappa shape index (κ1) is 105. The Kier molecular flexibility index (Phi) is 34.5. The van der Waals surface area contributed by atoms with E-state index in [2.05, 4.69) is 62.2 Å². The SMILES string of the molecule is [3H]C1CC(=O)N(CCNC(=O)CCC(=O)OC[C@H]2O[C@@H](S[C@@H]3O[C@H](COC(=O)CCC(=O)O)[C@H](O)[C@H](n4cc(-c5cccc(F)c5)nn4)[C@H]3O)[C@H](O)[C@@H](n3cc(-c4cccc(F)c4)nn3)[C@H]2O)C1=O.[3H]n1nnc2c1-c1ccccc1CN(C(=O)CCNC(=O)CCC(=O)OC[C@H]1O[C@@H](S[C@@H]3O[C@H](COC(=O)CCC(=O)O)[C@H](O)[C@H](n4cc(-c5cccc(F)c5)nn4)[C@H]3O)[C@H](O)[C@@H](n3cc(-c4cccc(F)c4)nn3)[C@H]1O)c1ccccc1-2. The fourth-order valence-corrected chi connectivity index (χ4v) is 20.0. The third-order valence-electron chi connectivity index (χ3n) is 25.0. The predicted molar refractivity (Wildman–Crippen MR) is 507 cm³/mol. The number of anilines is 1. The molecule has 48 nitrogen and oxygen atoms in total. The molecule has 54 heteroatoms. The van der Waals surface area contributed by atoms with Gasteiger partial charge in [-0.3, -0.25) is 62.7 Å².